The van der Waals surface area contributed by atoms with Gasteiger partial charge >= 0.3 is 0 Å². The number of rotatable bonds is 3. The molecule has 112 valence electrons. The number of hydrogen-bond acceptors (Lipinski definition) is 4. The van der Waals surface area contributed by atoms with Crippen molar-refractivity contribution in [3.8, 4) is 6.07 Å². The van der Waals surface area contributed by atoms with E-state index < -0.39 is 9.84 Å². The Morgan fingerprint density at radius 1 is 1.18 bits per heavy atom. The zero-order chi connectivity index (χ0) is 16.3. The smallest absolute Gasteiger partial charge is 0.255 e. The predicted molar refractivity (Wildman–Crippen MR) is 83.7 cm³/mol. The standard InChI is InChI=1S/C15H11ClN2O3S/c1-22(20,21)14-7-6-13(8-11(14)9-17)18-15(19)10-2-4-12(16)5-3-10/h2-8H,1H3,(H,18,19). The van der Waals surface area contributed by atoms with Gasteiger partial charge in [-0.15, -0.1) is 0 Å². The summed E-state index contributed by atoms with van der Waals surface area (Å²) in [6.07, 6.45) is 1.02. The van der Waals surface area contributed by atoms with Gasteiger partial charge in [-0.05, 0) is 42.5 Å². The lowest BCUT2D eigenvalue weighted by Crippen LogP contribution is -2.12. The molecular weight excluding hydrogens is 324 g/mol. The SMILES string of the molecule is CS(=O)(=O)c1ccc(NC(=O)c2ccc(Cl)cc2)cc1C#N. The number of sulfone groups is 1. The highest BCUT2D eigenvalue weighted by molar-refractivity contribution is 7.90. The van der Waals surface area contributed by atoms with Gasteiger partial charge in [0.1, 0.15) is 6.07 Å². The quantitative estimate of drug-likeness (QED) is 0.934. The number of nitriles is 1. The molecule has 0 aliphatic carbocycles. The maximum atomic E-state index is 12.1. The first-order chi connectivity index (χ1) is 10.3. The van der Waals surface area contributed by atoms with Crippen molar-refractivity contribution in [2.75, 3.05) is 11.6 Å². The van der Waals surface area contributed by atoms with E-state index in [1.165, 1.54) is 18.2 Å². The Morgan fingerprint density at radius 3 is 2.36 bits per heavy atom. The maximum absolute atomic E-state index is 12.1. The molecule has 0 saturated carbocycles. The van der Waals surface area contributed by atoms with E-state index in [0.717, 1.165) is 6.26 Å². The van der Waals surface area contributed by atoms with Crippen molar-refractivity contribution in [3.63, 3.8) is 0 Å². The van der Waals surface area contributed by atoms with Crippen LogP contribution < -0.4 is 5.32 Å². The summed E-state index contributed by atoms with van der Waals surface area (Å²) < 4.78 is 23.1. The molecule has 1 N–H and O–H groups in total. The van der Waals surface area contributed by atoms with Crippen LogP contribution in [0, 0.1) is 11.3 Å². The van der Waals surface area contributed by atoms with Crippen LogP contribution in [-0.2, 0) is 9.84 Å². The fourth-order valence-corrected chi connectivity index (χ4v) is 2.77. The van der Waals surface area contributed by atoms with E-state index in [-0.39, 0.29) is 16.4 Å². The monoisotopic (exact) mass is 334 g/mol. The van der Waals surface area contributed by atoms with Crippen LogP contribution in [-0.4, -0.2) is 20.6 Å². The Morgan fingerprint density at radius 2 is 1.82 bits per heavy atom. The van der Waals surface area contributed by atoms with Gasteiger partial charge in [-0.3, -0.25) is 4.79 Å². The van der Waals surface area contributed by atoms with Crippen LogP contribution in [0.25, 0.3) is 0 Å². The van der Waals surface area contributed by atoms with Crippen molar-refractivity contribution >= 4 is 33.0 Å². The molecular formula is C15H11ClN2O3S. The molecule has 0 atom stereocenters. The summed E-state index contributed by atoms with van der Waals surface area (Å²) in [6.45, 7) is 0. The first-order valence-electron chi connectivity index (χ1n) is 6.12. The van der Waals surface area contributed by atoms with Crippen molar-refractivity contribution in [2.24, 2.45) is 0 Å². The normalized spacial score (nSPS) is 10.8. The predicted octanol–water partition coefficient (Wildman–Crippen LogP) is 2.87. The Labute approximate surface area is 133 Å². The van der Waals surface area contributed by atoms with Crippen LogP contribution in [0.1, 0.15) is 15.9 Å². The molecule has 1 amide bonds. The molecule has 22 heavy (non-hydrogen) atoms. The van der Waals surface area contributed by atoms with E-state index in [9.17, 15) is 13.2 Å². The third-order valence-corrected chi connectivity index (χ3v) is 4.27. The van der Waals surface area contributed by atoms with Crippen molar-refractivity contribution in [3.05, 3.63) is 58.6 Å². The zero-order valence-corrected chi connectivity index (χ0v) is 13.1. The second-order valence-electron chi connectivity index (χ2n) is 4.56. The Hall–Kier alpha value is -2.36. The molecule has 0 spiro atoms. The number of nitrogens with zero attached hydrogens (tertiary/aromatic N) is 1. The summed E-state index contributed by atoms with van der Waals surface area (Å²) in [5.41, 5.74) is 0.718. The van der Waals surface area contributed by atoms with Crippen LogP contribution >= 0.6 is 11.6 Å². The van der Waals surface area contributed by atoms with Crippen molar-refractivity contribution < 1.29 is 13.2 Å². The number of nitrogens with one attached hydrogen (secondary N) is 1. The fraction of sp³-hybridized carbons (Fsp3) is 0.0667. The number of anilines is 1. The van der Waals surface area contributed by atoms with Gasteiger partial charge in [0.2, 0.25) is 0 Å². The van der Waals surface area contributed by atoms with Gasteiger partial charge in [0.05, 0.1) is 10.5 Å². The van der Waals surface area contributed by atoms with Crippen molar-refractivity contribution in [1.82, 2.24) is 0 Å². The number of carbonyl (C=O) groups is 1. The minimum absolute atomic E-state index is 0.0172. The second kappa shape index (κ2) is 6.18. The van der Waals surface area contributed by atoms with E-state index in [1.807, 2.05) is 6.07 Å². The minimum Gasteiger partial charge on any atom is -0.322 e. The summed E-state index contributed by atoms with van der Waals surface area (Å²) in [6, 6.07) is 12.2. The minimum atomic E-state index is -3.50. The second-order valence-corrected chi connectivity index (χ2v) is 6.98. The lowest BCUT2D eigenvalue weighted by atomic mass is 10.2. The van der Waals surface area contributed by atoms with Gasteiger partial charge in [0.25, 0.3) is 5.91 Å². The Bertz CT molecular complexity index is 869. The van der Waals surface area contributed by atoms with Gasteiger partial charge in [-0.2, -0.15) is 5.26 Å². The van der Waals surface area contributed by atoms with E-state index in [2.05, 4.69) is 5.32 Å². The summed E-state index contributed by atoms with van der Waals surface area (Å²) >= 11 is 5.75. The summed E-state index contributed by atoms with van der Waals surface area (Å²) in [5.74, 6) is -0.382. The number of carbonyl (C=O) groups excluding carboxylic acids is 1. The molecule has 0 aliphatic rings. The topological polar surface area (TPSA) is 87.0 Å². The molecule has 0 unspecified atom stereocenters. The number of hydrogen-bond donors (Lipinski definition) is 1. The molecule has 0 aromatic heterocycles. The first kappa shape index (κ1) is 16.0. The summed E-state index contributed by atoms with van der Waals surface area (Å²) in [4.78, 5) is 12.0. The molecule has 0 radical (unpaired) electrons. The van der Waals surface area contributed by atoms with Gasteiger partial charge in [-0.25, -0.2) is 8.42 Å². The van der Waals surface area contributed by atoms with Crippen LogP contribution in [0.2, 0.25) is 5.02 Å². The Kier molecular flexibility index (Phi) is 4.50. The van der Waals surface area contributed by atoms with Crippen molar-refractivity contribution in [2.45, 2.75) is 4.90 Å². The summed E-state index contributed by atoms with van der Waals surface area (Å²) in [7, 11) is -3.50. The van der Waals surface area contributed by atoms with Crippen LogP contribution in [0.15, 0.2) is 47.4 Å². The highest BCUT2D eigenvalue weighted by Gasteiger charge is 2.14. The Balaban J connectivity index is 2.29. The number of halogens is 1. The molecule has 0 aliphatic heterocycles. The largest absolute Gasteiger partial charge is 0.322 e. The highest BCUT2D eigenvalue weighted by Crippen LogP contribution is 2.20. The molecule has 2 aromatic rings. The molecule has 2 rings (SSSR count). The van der Waals surface area contributed by atoms with E-state index in [4.69, 9.17) is 16.9 Å². The van der Waals surface area contributed by atoms with Gasteiger partial charge < -0.3 is 5.32 Å². The fourth-order valence-electron chi connectivity index (χ4n) is 1.82. The van der Waals surface area contributed by atoms with E-state index >= 15 is 0 Å². The first-order valence-corrected chi connectivity index (χ1v) is 8.39. The van der Waals surface area contributed by atoms with Crippen LogP contribution in [0.4, 0.5) is 5.69 Å². The molecule has 2 aromatic carbocycles. The molecule has 0 heterocycles. The molecule has 0 bridgehead atoms. The lowest BCUT2D eigenvalue weighted by molar-refractivity contribution is 0.102. The van der Waals surface area contributed by atoms with Gasteiger partial charge in [-0.1, -0.05) is 11.6 Å². The van der Waals surface area contributed by atoms with Gasteiger partial charge in [0.15, 0.2) is 9.84 Å². The number of amides is 1. The maximum Gasteiger partial charge on any atom is 0.255 e. The zero-order valence-electron chi connectivity index (χ0n) is 11.5. The number of benzene rings is 2. The van der Waals surface area contributed by atoms with Crippen LogP contribution in [0.3, 0.4) is 0 Å². The van der Waals surface area contributed by atoms with Gasteiger partial charge in [0, 0.05) is 22.5 Å². The average Bonchev–Trinajstić information content (AvgIpc) is 2.46. The van der Waals surface area contributed by atoms with Crippen LogP contribution in [0.5, 0.6) is 0 Å². The molecule has 7 heteroatoms. The van der Waals surface area contributed by atoms with Crippen molar-refractivity contribution in [1.29, 1.82) is 5.26 Å². The highest BCUT2D eigenvalue weighted by atomic mass is 35.5. The molecule has 5 nitrogen and oxygen atoms in total. The lowest BCUT2D eigenvalue weighted by Gasteiger charge is -2.08. The third kappa shape index (κ3) is 3.64. The summed E-state index contributed by atoms with van der Waals surface area (Å²) in [5, 5.41) is 12.2. The van der Waals surface area contributed by atoms with E-state index in [1.54, 1.807) is 24.3 Å². The molecule has 0 saturated heterocycles. The molecule has 0 fully saturated rings. The average molecular weight is 335 g/mol. The third-order valence-electron chi connectivity index (χ3n) is 2.86. The van der Waals surface area contributed by atoms with E-state index in [0.29, 0.717) is 16.3 Å².